The molecule has 10 heteroatoms. The van der Waals surface area contributed by atoms with Crippen LogP contribution in [0.2, 0.25) is 0 Å². The molecule has 1 aromatic carbocycles. The molecule has 2 N–H and O–H groups in total. The number of alkyl halides is 2. The van der Waals surface area contributed by atoms with E-state index in [1.54, 1.807) is 12.3 Å². The molecule has 0 aliphatic rings. The van der Waals surface area contributed by atoms with Gasteiger partial charge in [-0.25, -0.2) is 19.3 Å². The Morgan fingerprint density at radius 2 is 1.69 bits per heavy atom. The van der Waals surface area contributed by atoms with Gasteiger partial charge in [0.25, 0.3) is 5.92 Å². The third-order valence-corrected chi connectivity index (χ3v) is 5.34. The van der Waals surface area contributed by atoms with Crippen molar-refractivity contribution in [3.63, 3.8) is 0 Å². The number of anilines is 4. The predicted octanol–water partition coefficient (Wildman–Crippen LogP) is 6.63. The van der Waals surface area contributed by atoms with Gasteiger partial charge in [-0.05, 0) is 36.2 Å². The maximum Gasteiger partial charge on any atom is 0.286 e. The fourth-order valence-corrected chi connectivity index (χ4v) is 3.64. The lowest BCUT2D eigenvalue weighted by Gasteiger charge is -2.18. The van der Waals surface area contributed by atoms with Crippen LogP contribution in [-0.2, 0) is 12.3 Å². The third-order valence-electron chi connectivity index (χ3n) is 5.34. The van der Waals surface area contributed by atoms with Crippen LogP contribution in [0.5, 0.6) is 5.75 Å². The number of nitrogens with one attached hydrogen (secondary N) is 2. The highest BCUT2D eigenvalue weighted by Gasteiger charge is 2.25. The Kier molecular flexibility index (Phi) is 7.33. The van der Waals surface area contributed by atoms with Gasteiger partial charge in [0, 0.05) is 24.9 Å². The Morgan fingerprint density at radius 1 is 0.917 bits per heavy atom. The van der Waals surface area contributed by atoms with E-state index in [2.05, 4.69) is 37.5 Å². The average Bonchev–Trinajstić information content (AvgIpc) is 2.86. The summed E-state index contributed by atoms with van der Waals surface area (Å²) in [4.78, 5) is 16.4. The van der Waals surface area contributed by atoms with Crippen molar-refractivity contribution in [2.75, 3.05) is 17.7 Å². The molecule has 0 unspecified atom stereocenters. The Morgan fingerprint density at radius 3 is 2.33 bits per heavy atom. The van der Waals surface area contributed by atoms with Gasteiger partial charge in [0.15, 0.2) is 17.4 Å². The van der Waals surface area contributed by atoms with Crippen molar-refractivity contribution in [1.82, 2.24) is 19.9 Å². The minimum Gasteiger partial charge on any atom is -0.494 e. The zero-order valence-corrected chi connectivity index (χ0v) is 20.0. The highest BCUT2D eigenvalue weighted by atomic mass is 19.3. The molecule has 186 valence electrons. The first-order valence-corrected chi connectivity index (χ1v) is 11.3. The van der Waals surface area contributed by atoms with E-state index in [1.165, 1.54) is 25.4 Å². The zero-order chi connectivity index (χ0) is 25.7. The van der Waals surface area contributed by atoms with Crippen LogP contribution in [0.3, 0.4) is 0 Å². The van der Waals surface area contributed by atoms with Crippen molar-refractivity contribution < 1.29 is 17.9 Å². The molecule has 0 spiro atoms. The molecule has 36 heavy (non-hydrogen) atoms. The van der Waals surface area contributed by atoms with E-state index in [0.717, 1.165) is 43.4 Å². The molecule has 0 saturated carbocycles. The van der Waals surface area contributed by atoms with Gasteiger partial charge in [-0.2, -0.15) is 8.78 Å². The summed E-state index contributed by atoms with van der Waals surface area (Å²) in [6.07, 6.45) is 6.99. The van der Waals surface area contributed by atoms with Gasteiger partial charge in [0.1, 0.15) is 11.5 Å². The van der Waals surface area contributed by atoms with E-state index >= 15 is 0 Å². The molecule has 7 nitrogen and oxygen atoms in total. The number of hydrogen-bond acceptors (Lipinski definition) is 7. The minimum atomic E-state index is -3.01. The van der Waals surface area contributed by atoms with Crippen molar-refractivity contribution in [2.24, 2.45) is 0 Å². The lowest BCUT2D eigenvalue weighted by Crippen LogP contribution is -2.09. The molecular weight excluding hydrogens is 469 g/mol. The minimum absolute atomic E-state index is 0.307. The molecule has 3 aromatic heterocycles. The van der Waals surface area contributed by atoms with E-state index in [4.69, 9.17) is 4.74 Å². The Bertz CT molecular complexity index is 1330. The maximum atomic E-state index is 13.5. The van der Waals surface area contributed by atoms with Crippen molar-refractivity contribution in [3.05, 3.63) is 78.3 Å². The van der Waals surface area contributed by atoms with Gasteiger partial charge in [0.05, 0.1) is 42.6 Å². The number of hydrogen-bond donors (Lipinski definition) is 2. The normalized spacial score (nSPS) is 11.3. The molecule has 4 aromatic rings. The summed E-state index contributed by atoms with van der Waals surface area (Å²) in [6.45, 7) is 2.87. The fraction of sp³-hybridized carbons (Fsp3) is 0.231. The summed E-state index contributed by atoms with van der Waals surface area (Å²) in [5.74, 6) is -2.20. The van der Waals surface area contributed by atoms with Crippen LogP contribution >= 0.6 is 0 Å². The number of rotatable bonds is 9. The van der Waals surface area contributed by atoms with E-state index in [1.807, 2.05) is 18.2 Å². The summed E-state index contributed by atoms with van der Waals surface area (Å²) >= 11 is 0. The number of benzene rings is 1. The number of pyridine rings is 2. The lowest BCUT2D eigenvalue weighted by molar-refractivity contribution is 0.0128. The van der Waals surface area contributed by atoms with Gasteiger partial charge < -0.3 is 15.4 Å². The summed E-state index contributed by atoms with van der Waals surface area (Å²) in [5.41, 5.74) is 3.25. The van der Waals surface area contributed by atoms with Crippen LogP contribution in [-0.4, -0.2) is 27.0 Å². The summed E-state index contributed by atoms with van der Waals surface area (Å²) in [6, 6.07) is 10.1. The number of para-hydroxylation sites is 1. The Hall–Kier alpha value is -4.21. The fourth-order valence-electron chi connectivity index (χ4n) is 3.64. The van der Waals surface area contributed by atoms with Crippen LogP contribution in [0.15, 0.2) is 61.2 Å². The first-order valence-electron chi connectivity index (χ1n) is 11.3. The number of ether oxygens (including phenoxy) is 1. The number of aryl methyl sites for hydroxylation is 1. The molecular formula is C26H25F3N6O. The summed E-state index contributed by atoms with van der Waals surface area (Å²) in [5, 5.41) is 6.51. The maximum absolute atomic E-state index is 13.5. The first-order chi connectivity index (χ1) is 17.3. The van der Waals surface area contributed by atoms with Crippen molar-refractivity contribution in [3.8, 4) is 17.1 Å². The highest BCUT2D eigenvalue weighted by Crippen LogP contribution is 2.37. The Balaban J connectivity index is 1.65. The van der Waals surface area contributed by atoms with Crippen molar-refractivity contribution >= 4 is 22.9 Å². The molecule has 0 bridgehead atoms. The van der Waals surface area contributed by atoms with Gasteiger partial charge in [-0.15, -0.1) is 0 Å². The predicted molar refractivity (Wildman–Crippen MR) is 133 cm³/mol. The smallest absolute Gasteiger partial charge is 0.286 e. The van der Waals surface area contributed by atoms with Crippen LogP contribution in [0.1, 0.15) is 31.5 Å². The monoisotopic (exact) mass is 494 g/mol. The number of methoxy groups -OCH3 is 1. The number of nitrogens with zero attached hydrogens (tertiary/aromatic N) is 4. The third kappa shape index (κ3) is 5.70. The molecule has 0 atom stereocenters. The van der Waals surface area contributed by atoms with Gasteiger partial charge in [-0.1, -0.05) is 19.4 Å². The van der Waals surface area contributed by atoms with E-state index in [9.17, 15) is 13.2 Å². The second-order valence-corrected chi connectivity index (χ2v) is 8.16. The quantitative estimate of drug-likeness (QED) is 0.270. The molecule has 4 rings (SSSR count). The van der Waals surface area contributed by atoms with E-state index in [-0.39, 0.29) is 5.69 Å². The van der Waals surface area contributed by atoms with Crippen molar-refractivity contribution in [1.29, 1.82) is 0 Å². The van der Waals surface area contributed by atoms with Crippen LogP contribution in [0.4, 0.5) is 36.1 Å². The second kappa shape index (κ2) is 10.6. The largest absolute Gasteiger partial charge is 0.494 e. The number of halogens is 3. The molecule has 0 amide bonds. The summed E-state index contributed by atoms with van der Waals surface area (Å²) < 4.78 is 45.9. The van der Waals surface area contributed by atoms with Gasteiger partial charge in [0.2, 0.25) is 0 Å². The van der Waals surface area contributed by atoms with Crippen LogP contribution < -0.4 is 15.4 Å². The lowest BCUT2D eigenvalue weighted by atomic mass is 10.1. The van der Waals surface area contributed by atoms with Gasteiger partial charge in [-0.3, -0.25) is 4.98 Å². The second-order valence-electron chi connectivity index (χ2n) is 8.16. The zero-order valence-electron chi connectivity index (χ0n) is 20.0. The van der Waals surface area contributed by atoms with E-state index in [0.29, 0.717) is 34.3 Å². The van der Waals surface area contributed by atoms with Crippen LogP contribution in [0, 0.1) is 5.82 Å². The SMILES string of the molecule is CCCc1cnc(Nc2ccc(C(C)(F)F)nc2)cc1Nc1cccc(-c2ncc(F)cn2)c1OC. The molecule has 0 aliphatic carbocycles. The molecule has 0 radical (unpaired) electrons. The molecule has 3 heterocycles. The summed E-state index contributed by atoms with van der Waals surface area (Å²) in [7, 11) is 1.54. The van der Waals surface area contributed by atoms with Crippen LogP contribution in [0.25, 0.3) is 11.4 Å². The van der Waals surface area contributed by atoms with E-state index < -0.39 is 11.7 Å². The average molecular weight is 495 g/mol. The Labute approximate surface area is 206 Å². The molecule has 0 saturated heterocycles. The topological polar surface area (TPSA) is 84.9 Å². The molecule has 0 fully saturated rings. The highest BCUT2D eigenvalue weighted by molar-refractivity contribution is 5.79. The standard InChI is InChI=1S/C26H25F3N6O/c1-4-6-16-12-31-23(34-18-9-10-22(30-15-18)26(2,28)29)11-21(16)35-20-8-5-7-19(24(20)36-3)25-32-13-17(27)14-33-25/h5,7-15H,4,6H2,1-3H3,(H2,31,34,35). The van der Waals surface area contributed by atoms with Gasteiger partial charge >= 0.3 is 0 Å². The first kappa shape index (κ1) is 24.9. The number of aromatic nitrogens is 4. The van der Waals surface area contributed by atoms with Crippen molar-refractivity contribution in [2.45, 2.75) is 32.6 Å². The molecule has 0 aliphatic heterocycles.